The first-order valence-corrected chi connectivity index (χ1v) is 12.4. The van der Waals surface area contributed by atoms with E-state index in [-0.39, 0.29) is 62.5 Å². The van der Waals surface area contributed by atoms with E-state index in [0.29, 0.717) is 30.8 Å². The highest BCUT2D eigenvalue weighted by molar-refractivity contribution is 9.12. The number of imide groups is 1. The molecular weight excluding hydrogens is 540 g/mol. The Bertz CT molecular complexity index is 851. The summed E-state index contributed by atoms with van der Waals surface area (Å²) in [5, 5.41) is 12.8. The van der Waals surface area contributed by atoms with Gasteiger partial charge in [-0.1, -0.05) is 49.9 Å². The SMILES string of the molecule is O=C(CCCCCN1C(=O)C2C3CC(C(Br)C3Br)C2C1=O)Nc1cc(Cl)ccc1O. The molecule has 1 aliphatic heterocycles. The zero-order valence-electron chi connectivity index (χ0n) is 16.2. The second-order valence-electron chi connectivity index (χ2n) is 8.35. The molecule has 0 spiro atoms. The van der Waals surface area contributed by atoms with Crippen LogP contribution in [0.1, 0.15) is 32.1 Å². The number of phenolic OH excluding ortho intramolecular Hbond substituents is 1. The molecule has 2 saturated carbocycles. The van der Waals surface area contributed by atoms with Crippen molar-refractivity contribution in [3.05, 3.63) is 23.2 Å². The van der Waals surface area contributed by atoms with Crippen LogP contribution in [0, 0.1) is 23.7 Å². The van der Waals surface area contributed by atoms with Crippen LogP contribution in [0.15, 0.2) is 18.2 Å². The highest BCUT2D eigenvalue weighted by atomic mass is 79.9. The first kappa shape index (κ1) is 22.1. The molecule has 2 aliphatic carbocycles. The van der Waals surface area contributed by atoms with Gasteiger partial charge in [0.05, 0.1) is 17.5 Å². The van der Waals surface area contributed by atoms with Gasteiger partial charge in [-0.3, -0.25) is 19.3 Å². The number of halogens is 3. The fraction of sp³-hybridized carbons (Fsp3) is 0.571. The van der Waals surface area contributed by atoms with E-state index in [1.165, 1.54) is 17.0 Å². The maximum atomic E-state index is 12.8. The number of aromatic hydroxyl groups is 1. The molecule has 2 N–H and O–H groups in total. The number of hydrogen-bond donors (Lipinski definition) is 2. The van der Waals surface area contributed by atoms with Gasteiger partial charge in [0.2, 0.25) is 17.7 Å². The molecule has 30 heavy (non-hydrogen) atoms. The zero-order chi connectivity index (χ0) is 21.6. The number of amides is 3. The van der Waals surface area contributed by atoms with E-state index in [1.807, 2.05) is 0 Å². The Kier molecular flexibility index (Phi) is 6.47. The van der Waals surface area contributed by atoms with Gasteiger partial charge in [0.15, 0.2) is 0 Å². The lowest BCUT2D eigenvalue weighted by atomic mass is 9.81. The third kappa shape index (κ3) is 3.91. The number of alkyl halides is 2. The van der Waals surface area contributed by atoms with Crippen LogP contribution < -0.4 is 5.32 Å². The summed E-state index contributed by atoms with van der Waals surface area (Å²) in [5.41, 5.74) is 0.289. The lowest BCUT2D eigenvalue weighted by Gasteiger charge is -2.28. The number of hydrogen-bond acceptors (Lipinski definition) is 4. The number of fused-ring (bicyclic) bond motifs is 5. The third-order valence-corrected chi connectivity index (χ3v) is 10.0. The number of anilines is 1. The molecule has 9 heteroatoms. The predicted octanol–water partition coefficient (Wildman–Crippen LogP) is 4.32. The van der Waals surface area contributed by atoms with Crippen LogP contribution in [0.5, 0.6) is 5.75 Å². The number of carbonyl (C=O) groups is 3. The molecular formula is C21H23Br2ClN2O4. The van der Waals surface area contributed by atoms with Gasteiger partial charge in [-0.2, -0.15) is 0 Å². The Morgan fingerprint density at radius 2 is 1.73 bits per heavy atom. The van der Waals surface area contributed by atoms with E-state index >= 15 is 0 Å². The number of benzene rings is 1. The number of rotatable bonds is 7. The van der Waals surface area contributed by atoms with Crippen molar-refractivity contribution in [1.82, 2.24) is 4.90 Å². The Balaban J connectivity index is 1.22. The van der Waals surface area contributed by atoms with Crippen LogP contribution in [0.2, 0.25) is 5.02 Å². The molecule has 162 valence electrons. The summed E-state index contributed by atoms with van der Waals surface area (Å²) in [6.07, 6.45) is 3.27. The molecule has 3 fully saturated rings. The van der Waals surface area contributed by atoms with Crippen LogP contribution in [-0.4, -0.2) is 43.9 Å². The molecule has 0 aromatic heterocycles. The maximum absolute atomic E-state index is 12.8. The Morgan fingerprint density at radius 1 is 1.10 bits per heavy atom. The van der Waals surface area contributed by atoms with E-state index < -0.39 is 0 Å². The summed E-state index contributed by atoms with van der Waals surface area (Å²) < 4.78 is 0. The Hall–Kier alpha value is -1.12. The van der Waals surface area contributed by atoms with E-state index in [0.717, 1.165) is 12.8 Å². The monoisotopic (exact) mass is 560 g/mol. The Labute approximate surface area is 197 Å². The van der Waals surface area contributed by atoms with Crippen molar-refractivity contribution < 1.29 is 19.5 Å². The number of carbonyl (C=O) groups excluding carboxylic acids is 3. The van der Waals surface area contributed by atoms with Crippen molar-refractivity contribution in [2.24, 2.45) is 23.7 Å². The lowest BCUT2D eigenvalue weighted by molar-refractivity contribution is -0.140. The van der Waals surface area contributed by atoms with Crippen molar-refractivity contribution in [2.45, 2.75) is 41.8 Å². The highest BCUT2D eigenvalue weighted by Crippen LogP contribution is 2.60. The quantitative estimate of drug-likeness (QED) is 0.224. The molecule has 2 bridgehead atoms. The fourth-order valence-corrected chi connectivity index (χ4v) is 7.23. The minimum Gasteiger partial charge on any atom is -0.506 e. The summed E-state index contributed by atoms with van der Waals surface area (Å²) in [4.78, 5) is 39.7. The van der Waals surface area contributed by atoms with Gasteiger partial charge in [0, 0.05) is 27.6 Å². The molecule has 6 atom stereocenters. The molecule has 3 amide bonds. The minimum absolute atomic E-state index is 0.0180. The van der Waals surface area contributed by atoms with Crippen molar-refractivity contribution in [3.8, 4) is 5.75 Å². The van der Waals surface area contributed by atoms with Crippen molar-refractivity contribution in [3.63, 3.8) is 0 Å². The van der Waals surface area contributed by atoms with Crippen LogP contribution >= 0.6 is 43.5 Å². The number of nitrogens with zero attached hydrogens (tertiary/aromatic N) is 1. The van der Waals surface area contributed by atoms with E-state index in [1.54, 1.807) is 6.07 Å². The predicted molar refractivity (Wildman–Crippen MR) is 121 cm³/mol. The number of phenols is 1. The van der Waals surface area contributed by atoms with Gasteiger partial charge in [0.25, 0.3) is 0 Å². The standard InChI is InChI=1S/C21H23Br2ClN2O4/c22-18-11-9-12(19(18)23)17-16(11)20(29)26(21(17)30)7-3-1-2-4-15(28)25-13-8-10(24)5-6-14(13)27/h5-6,8,11-12,16-19,27H,1-4,7,9H2,(H,25,28). The Morgan fingerprint density at radius 3 is 2.37 bits per heavy atom. The summed E-state index contributed by atoms with van der Waals surface area (Å²) in [5.74, 6) is -0.150. The molecule has 3 aliphatic rings. The van der Waals surface area contributed by atoms with Gasteiger partial charge in [0.1, 0.15) is 5.75 Å². The highest BCUT2D eigenvalue weighted by Gasteiger charge is 2.66. The summed E-state index contributed by atoms with van der Waals surface area (Å²) in [6.45, 7) is 0.417. The van der Waals surface area contributed by atoms with E-state index in [9.17, 15) is 19.5 Å². The van der Waals surface area contributed by atoms with E-state index in [2.05, 4.69) is 37.2 Å². The first-order chi connectivity index (χ1) is 14.3. The number of likely N-dealkylation sites (tertiary alicyclic amines) is 1. The molecule has 6 unspecified atom stereocenters. The molecule has 1 saturated heterocycles. The van der Waals surface area contributed by atoms with Crippen LogP contribution in [0.25, 0.3) is 0 Å². The van der Waals surface area contributed by atoms with Crippen LogP contribution in [-0.2, 0) is 14.4 Å². The zero-order valence-corrected chi connectivity index (χ0v) is 20.1. The van der Waals surface area contributed by atoms with Gasteiger partial charge in [-0.25, -0.2) is 0 Å². The van der Waals surface area contributed by atoms with Crippen LogP contribution in [0.4, 0.5) is 5.69 Å². The molecule has 1 aromatic rings. The summed E-state index contributed by atoms with van der Waals surface area (Å²) >= 11 is 13.3. The topological polar surface area (TPSA) is 86.7 Å². The second-order valence-corrected chi connectivity index (χ2v) is 10.9. The van der Waals surface area contributed by atoms with Gasteiger partial charge >= 0.3 is 0 Å². The average Bonchev–Trinajstić information content (AvgIpc) is 3.30. The molecule has 6 nitrogen and oxygen atoms in total. The summed E-state index contributed by atoms with van der Waals surface area (Å²) in [7, 11) is 0. The molecule has 4 rings (SSSR count). The summed E-state index contributed by atoms with van der Waals surface area (Å²) in [6, 6.07) is 4.47. The maximum Gasteiger partial charge on any atom is 0.233 e. The van der Waals surface area contributed by atoms with Gasteiger partial charge < -0.3 is 10.4 Å². The average molecular weight is 563 g/mol. The second kappa shape index (κ2) is 8.79. The molecule has 0 radical (unpaired) electrons. The van der Waals surface area contributed by atoms with Gasteiger partial charge in [-0.05, 0) is 49.3 Å². The molecule has 1 aromatic carbocycles. The fourth-order valence-electron chi connectivity index (χ4n) is 5.18. The molecule has 1 heterocycles. The number of nitrogens with one attached hydrogen (secondary N) is 1. The van der Waals surface area contributed by atoms with Crippen molar-refractivity contribution >= 4 is 66.9 Å². The normalized spacial score (nSPS) is 32.0. The van der Waals surface area contributed by atoms with Crippen molar-refractivity contribution in [1.29, 1.82) is 0 Å². The first-order valence-electron chi connectivity index (χ1n) is 10.2. The van der Waals surface area contributed by atoms with Crippen molar-refractivity contribution in [2.75, 3.05) is 11.9 Å². The smallest absolute Gasteiger partial charge is 0.233 e. The largest absolute Gasteiger partial charge is 0.506 e. The minimum atomic E-state index is -0.210. The van der Waals surface area contributed by atoms with Crippen LogP contribution in [0.3, 0.4) is 0 Å². The van der Waals surface area contributed by atoms with Gasteiger partial charge in [-0.15, -0.1) is 0 Å². The third-order valence-electron chi connectivity index (χ3n) is 6.60. The van der Waals surface area contributed by atoms with E-state index in [4.69, 9.17) is 11.6 Å². The lowest BCUT2D eigenvalue weighted by Crippen LogP contribution is -2.37. The number of unbranched alkanes of at least 4 members (excludes halogenated alkanes) is 2.